The van der Waals surface area contributed by atoms with Crippen molar-refractivity contribution in [2.24, 2.45) is 0 Å². The van der Waals surface area contributed by atoms with E-state index in [0.717, 1.165) is 29.8 Å². The third kappa shape index (κ3) is 6.11. The van der Waals surface area contributed by atoms with E-state index in [1.807, 2.05) is 0 Å². The quantitative estimate of drug-likeness (QED) is 0.441. The number of esters is 1. The summed E-state index contributed by atoms with van der Waals surface area (Å²) in [5, 5.41) is 12.2. The Morgan fingerprint density at radius 1 is 1.20 bits per heavy atom. The van der Waals surface area contributed by atoms with Crippen molar-refractivity contribution >= 4 is 34.4 Å². The molecular weight excluding hydrogens is 338 g/mol. The fourth-order valence-corrected chi connectivity index (χ4v) is 2.88. The average Bonchev–Trinajstić information content (AvgIpc) is 3.07. The zero-order valence-electron chi connectivity index (χ0n) is 14.3. The number of benzene rings is 1. The van der Waals surface area contributed by atoms with Crippen LogP contribution in [0.2, 0.25) is 0 Å². The van der Waals surface area contributed by atoms with Gasteiger partial charge in [0.15, 0.2) is 0 Å². The third-order valence-corrected chi connectivity index (χ3v) is 4.35. The standard InChI is InChI=1S/C18H21N3O3S/c1-3-4-5-6-16-20-21-18(25-16)19-15(22)12-9-13-7-10-14(11-8-13)17(23)24-2/h7-12H,3-6H2,1-2H3,(H,19,21,22). The molecule has 132 valence electrons. The molecule has 0 aliphatic heterocycles. The number of amides is 1. The molecule has 1 N–H and O–H groups in total. The van der Waals surface area contributed by atoms with Crippen LogP contribution in [0.3, 0.4) is 0 Å². The molecule has 0 saturated heterocycles. The molecule has 0 unspecified atom stereocenters. The molecule has 2 aromatic rings. The first-order valence-corrected chi connectivity index (χ1v) is 8.94. The van der Waals surface area contributed by atoms with Crippen LogP contribution in [0, 0.1) is 0 Å². The molecule has 1 amide bonds. The lowest BCUT2D eigenvalue weighted by Crippen LogP contribution is -2.07. The number of aromatic nitrogens is 2. The Morgan fingerprint density at radius 3 is 2.64 bits per heavy atom. The fourth-order valence-electron chi connectivity index (χ4n) is 2.10. The highest BCUT2D eigenvalue weighted by molar-refractivity contribution is 7.15. The van der Waals surface area contributed by atoms with Crippen LogP contribution in [0.15, 0.2) is 30.3 Å². The molecule has 0 bridgehead atoms. The topological polar surface area (TPSA) is 81.2 Å². The van der Waals surface area contributed by atoms with Crippen molar-refractivity contribution in [3.8, 4) is 0 Å². The molecule has 1 heterocycles. The number of methoxy groups -OCH3 is 1. The Morgan fingerprint density at radius 2 is 1.96 bits per heavy atom. The van der Waals surface area contributed by atoms with E-state index in [2.05, 4.69) is 27.2 Å². The summed E-state index contributed by atoms with van der Waals surface area (Å²) in [7, 11) is 1.34. The van der Waals surface area contributed by atoms with Crippen LogP contribution < -0.4 is 5.32 Å². The average molecular weight is 359 g/mol. The number of anilines is 1. The van der Waals surface area contributed by atoms with Gasteiger partial charge in [-0.15, -0.1) is 10.2 Å². The van der Waals surface area contributed by atoms with E-state index in [1.165, 1.54) is 30.9 Å². The number of hydrogen-bond donors (Lipinski definition) is 1. The van der Waals surface area contributed by atoms with Gasteiger partial charge in [-0.2, -0.15) is 0 Å². The normalized spacial score (nSPS) is 10.8. The van der Waals surface area contributed by atoms with E-state index >= 15 is 0 Å². The number of ether oxygens (including phenoxy) is 1. The smallest absolute Gasteiger partial charge is 0.337 e. The minimum absolute atomic E-state index is 0.270. The van der Waals surface area contributed by atoms with Gasteiger partial charge < -0.3 is 4.74 Å². The number of rotatable bonds is 8. The number of nitrogens with zero attached hydrogens (tertiary/aromatic N) is 2. The van der Waals surface area contributed by atoms with Crippen LogP contribution in [0.25, 0.3) is 6.08 Å². The Hall–Kier alpha value is -2.54. The highest BCUT2D eigenvalue weighted by Gasteiger charge is 2.06. The molecular formula is C18H21N3O3S. The highest BCUT2D eigenvalue weighted by atomic mass is 32.1. The van der Waals surface area contributed by atoms with Crippen molar-refractivity contribution in [1.29, 1.82) is 0 Å². The van der Waals surface area contributed by atoms with Gasteiger partial charge in [-0.1, -0.05) is 43.2 Å². The van der Waals surface area contributed by atoms with Gasteiger partial charge in [-0.3, -0.25) is 10.1 Å². The van der Waals surface area contributed by atoms with E-state index in [-0.39, 0.29) is 11.9 Å². The Kier molecular flexibility index (Phi) is 7.28. The third-order valence-electron chi connectivity index (χ3n) is 3.45. The number of hydrogen-bond acceptors (Lipinski definition) is 6. The van der Waals surface area contributed by atoms with Crippen LogP contribution in [0.1, 0.15) is 47.1 Å². The van der Waals surface area contributed by atoms with Gasteiger partial charge >= 0.3 is 5.97 Å². The number of carbonyl (C=O) groups is 2. The number of unbranched alkanes of at least 4 members (excludes halogenated alkanes) is 2. The van der Waals surface area contributed by atoms with Gasteiger partial charge in [-0.05, 0) is 30.2 Å². The second kappa shape index (κ2) is 9.68. The minimum Gasteiger partial charge on any atom is -0.465 e. The maximum atomic E-state index is 11.9. The summed E-state index contributed by atoms with van der Waals surface area (Å²) in [6.45, 7) is 2.15. The van der Waals surface area contributed by atoms with E-state index in [9.17, 15) is 9.59 Å². The van der Waals surface area contributed by atoms with Crippen LogP contribution in [0.4, 0.5) is 5.13 Å². The summed E-state index contributed by atoms with van der Waals surface area (Å²) in [6, 6.07) is 6.78. The second-order valence-corrected chi connectivity index (χ2v) is 6.46. The molecule has 2 rings (SSSR count). The van der Waals surface area contributed by atoms with Crippen molar-refractivity contribution in [2.45, 2.75) is 32.6 Å². The lowest BCUT2D eigenvalue weighted by Gasteiger charge is -1.99. The Bertz CT molecular complexity index is 738. The summed E-state index contributed by atoms with van der Waals surface area (Å²) >= 11 is 1.40. The van der Waals surface area contributed by atoms with Crippen molar-refractivity contribution in [1.82, 2.24) is 10.2 Å². The van der Waals surface area contributed by atoms with Crippen molar-refractivity contribution in [3.05, 3.63) is 46.5 Å². The van der Waals surface area contributed by atoms with Crippen LogP contribution >= 0.6 is 11.3 Å². The molecule has 0 radical (unpaired) electrons. The minimum atomic E-state index is -0.390. The first-order valence-electron chi connectivity index (χ1n) is 8.12. The molecule has 7 heteroatoms. The summed E-state index contributed by atoms with van der Waals surface area (Å²) in [5.74, 6) is -0.660. The SMILES string of the molecule is CCCCCc1nnc(NC(=O)C=Cc2ccc(C(=O)OC)cc2)s1. The molecule has 6 nitrogen and oxygen atoms in total. The summed E-state index contributed by atoms with van der Waals surface area (Å²) in [4.78, 5) is 23.3. The number of carbonyl (C=O) groups excluding carboxylic acids is 2. The van der Waals surface area contributed by atoms with Gasteiger partial charge in [-0.25, -0.2) is 4.79 Å². The van der Waals surface area contributed by atoms with Crippen LogP contribution in [0.5, 0.6) is 0 Å². The lowest BCUT2D eigenvalue weighted by atomic mass is 10.1. The molecule has 0 atom stereocenters. The van der Waals surface area contributed by atoms with Gasteiger partial charge in [0.1, 0.15) is 5.01 Å². The van der Waals surface area contributed by atoms with Gasteiger partial charge in [0.2, 0.25) is 11.0 Å². The zero-order valence-corrected chi connectivity index (χ0v) is 15.1. The predicted octanol–water partition coefficient (Wildman–Crippen LogP) is 3.71. The molecule has 0 aliphatic rings. The van der Waals surface area contributed by atoms with Gasteiger partial charge in [0.25, 0.3) is 0 Å². The predicted molar refractivity (Wildman–Crippen MR) is 98.6 cm³/mol. The lowest BCUT2D eigenvalue weighted by molar-refractivity contribution is -0.111. The number of aryl methyl sites for hydroxylation is 1. The van der Waals surface area contributed by atoms with Crippen molar-refractivity contribution < 1.29 is 14.3 Å². The molecule has 1 aromatic carbocycles. The maximum Gasteiger partial charge on any atom is 0.337 e. The second-order valence-electron chi connectivity index (χ2n) is 5.39. The summed E-state index contributed by atoms with van der Waals surface area (Å²) in [5.41, 5.74) is 1.27. The first kappa shape index (κ1) is 18.8. The van der Waals surface area contributed by atoms with Gasteiger partial charge in [0.05, 0.1) is 12.7 Å². The number of nitrogens with one attached hydrogen (secondary N) is 1. The summed E-state index contributed by atoms with van der Waals surface area (Å²) < 4.78 is 4.64. The van der Waals surface area contributed by atoms with Crippen LogP contribution in [-0.4, -0.2) is 29.2 Å². The Balaban J connectivity index is 1.87. The molecule has 25 heavy (non-hydrogen) atoms. The summed E-state index contributed by atoms with van der Waals surface area (Å²) in [6.07, 6.45) is 7.39. The maximum absolute atomic E-state index is 11.9. The zero-order chi connectivity index (χ0) is 18.1. The van der Waals surface area contributed by atoms with Crippen LogP contribution in [-0.2, 0) is 16.0 Å². The van der Waals surface area contributed by atoms with E-state index < -0.39 is 0 Å². The first-order chi connectivity index (χ1) is 12.1. The largest absolute Gasteiger partial charge is 0.465 e. The molecule has 0 aliphatic carbocycles. The monoisotopic (exact) mass is 359 g/mol. The molecule has 0 fully saturated rings. The van der Waals surface area contributed by atoms with Crippen molar-refractivity contribution in [2.75, 3.05) is 12.4 Å². The van der Waals surface area contributed by atoms with E-state index in [4.69, 9.17) is 0 Å². The molecule has 0 spiro atoms. The Labute approximate surface area is 150 Å². The van der Waals surface area contributed by atoms with E-state index in [1.54, 1.807) is 30.3 Å². The molecule has 1 aromatic heterocycles. The fraction of sp³-hybridized carbons (Fsp3) is 0.333. The van der Waals surface area contributed by atoms with Gasteiger partial charge in [0, 0.05) is 12.5 Å². The highest BCUT2D eigenvalue weighted by Crippen LogP contribution is 2.17. The van der Waals surface area contributed by atoms with Crippen molar-refractivity contribution in [3.63, 3.8) is 0 Å². The molecule has 0 saturated carbocycles. The van der Waals surface area contributed by atoms with E-state index in [0.29, 0.717) is 10.7 Å².